The molecule has 2 atom stereocenters. The SMILES string of the molecule is CCC(=O)N(c1ccccc1)C1CC(CC)N(C(=O)c2ccc([N+](=O)[O-])cc2)c2ccccc21. The van der Waals surface area contributed by atoms with Crippen molar-refractivity contribution in [2.24, 2.45) is 0 Å². The highest BCUT2D eigenvalue weighted by molar-refractivity contribution is 6.07. The second kappa shape index (κ2) is 9.87. The zero-order valence-corrected chi connectivity index (χ0v) is 19.3. The van der Waals surface area contributed by atoms with Gasteiger partial charge in [-0.1, -0.05) is 50.2 Å². The lowest BCUT2D eigenvalue weighted by Gasteiger charge is -2.44. The van der Waals surface area contributed by atoms with Gasteiger partial charge in [-0.25, -0.2) is 0 Å². The molecule has 0 bridgehead atoms. The maximum atomic E-state index is 13.6. The lowest BCUT2D eigenvalue weighted by molar-refractivity contribution is -0.384. The highest BCUT2D eigenvalue weighted by Gasteiger charge is 2.39. The van der Waals surface area contributed by atoms with Gasteiger partial charge in [-0.2, -0.15) is 0 Å². The van der Waals surface area contributed by atoms with Crippen LogP contribution in [0.5, 0.6) is 0 Å². The molecule has 0 N–H and O–H groups in total. The summed E-state index contributed by atoms with van der Waals surface area (Å²) in [6, 6.07) is 22.7. The summed E-state index contributed by atoms with van der Waals surface area (Å²) in [4.78, 5) is 40.9. The molecule has 34 heavy (non-hydrogen) atoms. The lowest BCUT2D eigenvalue weighted by Crippen LogP contribution is -2.48. The molecule has 2 unspecified atom stereocenters. The van der Waals surface area contributed by atoms with Gasteiger partial charge in [0.1, 0.15) is 0 Å². The maximum absolute atomic E-state index is 13.6. The Hall–Kier alpha value is -4.00. The van der Waals surface area contributed by atoms with Crippen LogP contribution in [0.2, 0.25) is 0 Å². The fourth-order valence-electron chi connectivity index (χ4n) is 4.67. The first kappa shape index (κ1) is 23.2. The van der Waals surface area contributed by atoms with Crippen molar-refractivity contribution in [3.05, 3.63) is 100 Å². The summed E-state index contributed by atoms with van der Waals surface area (Å²) in [5.41, 5.74) is 2.84. The van der Waals surface area contributed by atoms with E-state index in [9.17, 15) is 19.7 Å². The first-order chi connectivity index (χ1) is 16.5. The van der Waals surface area contributed by atoms with Gasteiger partial charge in [0.15, 0.2) is 0 Å². The van der Waals surface area contributed by atoms with E-state index in [1.54, 1.807) is 4.90 Å². The molecule has 3 aromatic carbocycles. The summed E-state index contributed by atoms with van der Waals surface area (Å²) in [6.07, 6.45) is 1.66. The maximum Gasteiger partial charge on any atom is 0.269 e. The predicted molar refractivity (Wildman–Crippen MR) is 132 cm³/mol. The van der Waals surface area contributed by atoms with E-state index in [-0.39, 0.29) is 29.6 Å². The largest absolute Gasteiger partial charge is 0.305 e. The molecule has 1 aliphatic rings. The zero-order chi connectivity index (χ0) is 24.2. The number of nitro groups is 1. The number of anilines is 2. The van der Waals surface area contributed by atoms with Gasteiger partial charge in [-0.3, -0.25) is 19.7 Å². The summed E-state index contributed by atoms with van der Waals surface area (Å²) in [7, 11) is 0. The van der Waals surface area contributed by atoms with Gasteiger partial charge < -0.3 is 9.80 Å². The number of carbonyl (C=O) groups is 2. The van der Waals surface area contributed by atoms with Gasteiger partial charge in [-0.05, 0) is 48.7 Å². The zero-order valence-electron chi connectivity index (χ0n) is 19.3. The predicted octanol–water partition coefficient (Wildman–Crippen LogP) is 5.91. The summed E-state index contributed by atoms with van der Waals surface area (Å²) >= 11 is 0. The van der Waals surface area contributed by atoms with Gasteiger partial charge in [0.25, 0.3) is 11.6 Å². The van der Waals surface area contributed by atoms with Crippen LogP contribution in [0.3, 0.4) is 0 Å². The molecule has 7 nitrogen and oxygen atoms in total. The molecular weight excluding hydrogens is 430 g/mol. The Morgan fingerprint density at radius 1 is 0.971 bits per heavy atom. The van der Waals surface area contributed by atoms with Crippen molar-refractivity contribution in [2.45, 2.75) is 45.2 Å². The summed E-state index contributed by atoms with van der Waals surface area (Å²) in [5, 5.41) is 11.0. The van der Waals surface area contributed by atoms with Crippen molar-refractivity contribution in [2.75, 3.05) is 9.80 Å². The second-order valence-electron chi connectivity index (χ2n) is 8.30. The first-order valence-corrected chi connectivity index (χ1v) is 11.5. The van der Waals surface area contributed by atoms with E-state index in [2.05, 4.69) is 0 Å². The molecule has 0 radical (unpaired) electrons. The lowest BCUT2D eigenvalue weighted by atomic mass is 9.87. The molecular formula is C27H27N3O4. The number of nitro benzene ring substituents is 1. The number of para-hydroxylation sites is 2. The third-order valence-electron chi connectivity index (χ3n) is 6.35. The molecule has 7 heteroatoms. The number of fused-ring (bicyclic) bond motifs is 1. The number of hydrogen-bond acceptors (Lipinski definition) is 4. The molecule has 1 aliphatic heterocycles. The van der Waals surface area contributed by atoms with Gasteiger partial charge in [0.05, 0.1) is 11.0 Å². The molecule has 174 valence electrons. The van der Waals surface area contributed by atoms with Crippen LogP contribution in [0.25, 0.3) is 0 Å². The molecule has 0 saturated heterocycles. The van der Waals surface area contributed by atoms with Crippen molar-refractivity contribution in [1.29, 1.82) is 0 Å². The van der Waals surface area contributed by atoms with Gasteiger partial charge >= 0.3 is 0 Å². The average molecular weight is 458 g/mol. The number of hydrogen-bond donors (Lipinski definition) is 0. The first-order valence-electron chi connectivity index (χ1n) is 11.5. The molecule has 1 heterocycles. The molecule has 3 aromatic rings. The minimum absolute atomic E-state index is 0.0241. The minimum Gasteiger partial charge on any atom is -0.305 e. The number of carbonyl (C=O) groups excluding carboxylic acids is 2. The van der Waals surface area contributed by atoms with E-state index in [1.165, 1.54) is 24.3 Å². The van der Waals surface area contributed by atoms with E-state index in [1.807, 2.05) is 73.3 Å². The van der Waals surface area contributed by atoms with Crippen LogP contribution in [0.15, 0.2) is 78.9 Å². The summed E-state index contributed by atoms with van der Waals surface area (Å²) < 4.78 is 0. The van der Waals surface area contributed by atoms with Gasteiger partial charge in [-0.15, -0.1) is 0 Å². The number of non-ortho nitro benzene ring substituents is 1. The Bertz CT molecular complexity index is 1190. The summed E-state index contributed by atoms with van der Waals surface area (Å²) in [5.74, 6) is -0.184. The molecule has 0 aromatic heterocycles. The van der Waals surface area contributed by atoms with Crippen molar-refractivity contribution in [3.8, 4) is 0 Å². The molecule has 0 fully saturated rings. The number of benzene rings is 3. The van der Waals surface area contributed by atoms with Crippen LogP contribution in [0, 0.1) is 10.1 Å². The highest BCUT2D eigenvalue weighted by atomic mass is 16.6. The van der Waals surface area contributed by atoms with E-state index in [0.29, 0.717) is 24.8 Å². The van der Waals surface area contributed by atoms with E-state index < -0.39 is 4.92 Å². The van der Waals surface area contributed by atoms with Crippen LogP contribution >= 0.6 is 0 Å². The van der Waals surface area contributed by atoms with Gasteiger partial charge in [0, 0.05) is 41.5 Å². The van der Waals surface area contributed by atoms with Gasteiger partial charge in [0.2, 0.25) is 5.91 Å². The molecule has 4 rings (SSSR count). The Balaban J connectivity index is 1.78. The van der Waals surface area contributed by atoms with Crippen LogP contribution in [0.1, 0.15) is 55.1 Å². The smallest absolute Gasteiger partial charge is 0.269 e. The van der Waals surface area contributed by atoms with E-state index in [4.69, 9.17) is 0 Å². The standard InChI is InChI=1S/C27H27N3O4/c1-3-20-18-25(28(26(31)4-2)21-10-6-5-7-11-21)23-12-8-9-13-24(23)29(20)27(32)19-14-16-22(17-15-19)30(33)34/h5-17,20,25H,3-4,18H2,1-2H3. The summed E-state index contributed by atoms with van der Waals surface area (Å²) in [6.45, 7) is 3.88. The molecule has 0 spiro atoms. The Labute approximate surface area is 198 Å². The molecule has 0 saturated carbocycles. The van der Waals surface area contributed by atoms with Crippen molar-refractivity contribution >= 4 is 28.9 Å². The quantitative estimate of drug-likeness (QED) is 0.340. The van der Waals surface area contributed by atoms with Crippen LogP contribution in [0.4, 0.5) is 17.1 Å². The third kappa shape index (κ3) is 4.29. The average Bonchev–Trinajstić information content (AvgIpc) is 2.88. The van der Waals surface area contributed by atoms with Crippen LogP contribution in [-0.4, -0.2) is 22.8 Å². The van der Waals surface area contributed by atoms with Crippen molar-refractivity contribution in [3.63, 3.8) is 0 Å². The minimum atomic E-state index is -0.479. The highest BCUT2D eigenvalue weighted by Crippen LogP contribution is 2.43. The van der Waals surface area contributed by atoms with Crippen LogP contribution < -0.4 is 9.80 Å². The fourth-order valence-corrected chi connectivity index (χ4v) is 4.67. The Kier molecular flexibility index (Phi) is 6.72. The molecule has 2 amide bonds. The molecule has 0 aliphatic carbocycles. The van der Waals surface area contributed by atoms with Crippen molar-refractivity contribution in [1.82, 2.24) is 0 Å². The van der Waals surface area contributed by atoms with Crippen LogP contribution in [-0.2, 0) is 4.79 Å². The Morgan fingerprint density at radius 2 is 1.62 bits per heavy atom. The monoisotopic (exact) mass is 457 g/mol. The van der Waals surface area contributed by atoms with Crippen molar-refractivity contribution < 1.29 is 14.5 Å². The fraction of sp³-hybridized carbons (Fsp3) is 0.259. The number of nitrogens with zero attached hydrogens (tertiary/aromatic N) is 3. The topological polar surface area (TPSA) is 83.8 Å². The van der Waals surface area contributed by atoms with E-state index >= 15 is 0 Å². The number of amides is 2. The number of rotatable bonds is 6. The normalized spacial score (nSPS) is 17.1. The van der Waals surface area contributed by atoms with E-state index in [0.717, 1.165) is 16.9 Å². The Morgan fingerprint density at radius 3 is 2.24 bits per heavy atom. The third-order valence-corrected chi connectivity index (χ3v) is 6.35. The second-order valence-corrected chi connectivity index (χ2v) is 8.30.